The van der Waals surface area contributed by atoms with Crippen molar-refractivity contribution in [3.05, 3.63) is 0 Å². The molecule has 1 fully saturated rings. The van der Waals surface area contributed by atoms with E-state index in [1.54, 1.807) is 7.11 Å². The molecule has 0 heterocycles. The highest BCUT2D eigenvalue weighted by atomic mass is 16.5. The standard InChI is InChI=1S/C12H25NO2/c1-5-12(6-2)10(7-11(12)15-4)13-8-9(3)14/h9-11,13-14H,5-8H2,1-4H3/t9-,10-,11-/m1/s1. The molecule has 3 heteroatoms. The van der Waals surface area contributed by atoms with E-state index < -0.39 is 0 Å². The average molecular weight is 215 g/mol. The molecule has 0 aromatic rings. The molecule has 90 valence electrons. The minimum absolute atomic E-state index is 0.266. The second kappa shape index (κ2) is 5.28. The van der Waals surface area contributed by atoms with Crippen molar-refractivity contribution < 1.29 is 9.84 Å². The summed E-state index contributed by atoms with van der Waals surface area (Å²) in [6.07, 6.45) is 3.47. The first-order chi connectivity index (χ1) is 7.10. The van der Waals surface area contributed by atoms with Gasteiger partial charge in [-0.15, -0.1) is 0 Å². The van der Waals surface area contributed by atoms with Crippen molar-refractivity contribution in [1.82, 2.24) is 5.32 Å². The van der Waals surface area contributed by atoms with Gasteiger partial charge in [0.25, 0.3) is 0 Å². The summed E-state index contributed by atoms with van der Waals surface area (Å²) in [5.41, 5.74) is 0.281. The maximum atomic E-state index is 9.27. The Morgan fingerprint density at radius 3 is 2.47 bits per heavy atom. The van der Waals surface area contributed by atoms with Gasteiger partial charge in [-0.05, 0) is 26.2 Å². The van der Waals surface area contributed by atoms with Gasteiger partial charge in [0.15, 0.2) is 0 Å². The summed E-state index contributed by atoms with van der Waals surface area (Å²) in [5, 5.41) is 12.7. The number of ether oxygens (including phenoxy) is 1. The van der Waals surface area contributed by atoms with Crippen LogP contribution in [-0.4, -0.2) is 37.0 Å². The van der Waals surface area contributed by atoms with E-state index >= 15 is 0 Å². The third-order valence-corrected chi connectivity index (χ3v) is 4.05. The Labute approximate surface area is 93.2 Å². The molecule has 1 aliphatic carbocycles. The molecule has 2 N–H and O–H groups in total. The van der Waals surface area contributed by atoms with Crippen LogP contribution in [0.4, 0.5) is 0 Å². The summed E-state index contributed by atoms with van der Waals surface area (Å²) in [7, 11) is 1.80. The molecule has 3 nitrogen and oxygen atoms in total. The maximum absolute atomic E-state index is 9.27. The molecule has 0 bridgehead atoms. The summed E-state index contributed by atoms with van der Waals surface area (Å²) in [5.74, 6) is 0. The second-order valence-corrected chi connectivity index (χ2v) is 4.71. The summed E-state index contributed by atoms with van der Waals surface area (Å²) in [4.78, 5) is 0. The average Bonchev–Trinajstić information content (AvgIpc) is 2.18. The lowest BCUT2D eigenvalue weighted by Crippen LogP contribution is -2.63. The van der Waals surface area contributed by atoms with Gasteiger partial charge in [-0.3, -0.25) is 0 Å². The van der Waals surface area contributed by atoms with Crippen molar-refractivity contribution in [1.29, 1.82) is 0 Å². The van der Waals surface area contributed by atoms with Gasteiger partial charge >= 0.3 is 0 Å². The van der Waals surface area contributed by atoms with Crippen LogP contribution in [0, 0.1) is 5.41 Å². The predicted octanol–water partition coefficient (Wildman–Crippen LogP) is 1.55. The molecular formula is C12H25NO2. The number of aliphatic hydroxyl groups is 1. The maximum Gasteiger partial charge on any atom is 0.0657 e. The summed E-state index contributed by atoms with van der Waals surface area (Å²) in [6.45, 7) is 6.96. The van der Waals surface area contributed by atoms with Gasteiger partial charge < -0.3 is 15.2 Å². The molecule has 0 amide bonds. The molecule has 1 rings (SSSR count). The van der Waals surface area contributed by atoms with E-state index in [0.717, 1.165) is 19.3 Å². The third kappa shape index (κ3) is 2.35. The first-order valence-electron chi connectivity index (χ1n) is 6.05. The van der Waals surface area contributed by atoms with E-state index in [0.29, 0.717) is 18.7 Å². The fourth-order valence-corrected chi connectivity index (χ4v) is 2.88. The number of nitrogens with one attached hydrogen (secondary N) is 1. The van der Waals surface area contributed by atoms with E-state index in [1.165, 1.54) is 0 Å². The quantitative estimate of drug-likeness (QED) is 0.706. The van der Waals surface area contributed by atoms with E-state index in [4.69, 9.17) is 4.74 Å². The van der Waals surface area contributed by atoms with E-state index in [2.05, 4.69) is 19.2 Å². The Morgan fingerprint density at radius 2 is 2.07 bits per heavy atom. The number of hydrogen-bond acceptors (Lipinski definition) is 3. The molecule has 0 unspecified atom stereocenters. The number of aliphatic hydroxyl groups excluding tert-OH is 1. The summed E-state index contributed by atoms with van der Waals surface area (Å²) < 4.78 is 5.52. The highest BCUT2D eigenvalue weighted by Gasteiger charge is 2.52. The number of rotatable bonds is 6. The lowest BCUT2D eigenvalue weighted by Gasteiger charge is -2.55. The van der Waals surface area contributed by atoms with Gasteiger partial charge in [0.2, 0.25) is 0 Å². The van der Waals surface area contributed by atoms with Gasteiger partial charge in [0, 0.05) is 25.1 Å². The van der Waals surface area contributed by atoms with Gasteiger partial charge in [-0.25, -0.2) is 0 Å². The monoisotopic (exact) mass is 215 g/mol. The molecule has 0 saturated heterocycles. The largest absolute Gasteiger partial charge is 0.392 e. The molecule has 3 atom stereocenters. The van der Waals surface area contributed by atoms with Crippen molar-refractivity contribution in [3.63, 3.8) is 0 Å². The third-order valence-electron chi connectivity index (χ3n) is 4.05. The number of methoxy groups -OCH3 is 1. The van der Waals surface area contributed by atoms with Crippen LogP contribution in [0.5, 0.6) is 0 Å². The number of hydrogen-bond donors (Lipinski definition) is 2. The van der Waals surface area contributed by atoms with Crippen LogP contribution in [-0.2, 0) is 4.74 Å². The Morgan fingerprint density at radius 1 is 1.47 bits per heavy atom. The normalized spacial score (nSPS) is 31.0. The highest BCUT2D eigenvalue weighted by Crippen LogP contribution is 2.48. The van der Waals surface area contributed by atoms with Crippen molar-refractivity contribution in [3.8, 4) is 0 Å². The van der Waals surface area contributed by atoms with Gasteiger partial charge in [0.1, 0.15) is 0 Å². The molecule has 0 spiro atoms. The Bertz CT molecular complexity index is 190. The molecular weight excluding hydrogens is 190 g/mol. The molecule has 1 aliphatic rings. The van der Waals surface area contributed by atoms with Crippen molar-refractivity contribution in [2.24, 2.45) is 5.41 Å². The Hall–Kier alpha value is -0.120. The zero-order valence-electron chi connectivity index (χ0n) is 10.4. The lowest BCUT2D eigenvalue weighted by atomic mass is 9.58. The first-order valence-corrected chi connectivity index (χ1v) is 6.05. The van der Waals surface area contributed by atoms with E-state index in [9.17, 15) is 5.11 Å². The van der Waals surface area contributed by atoms with Crippen LogP contribution in [0.15, 0.2) is 0 Å². The molecule has 0 aliphatic heterocycles. The minimum atomic E-state index is -0.266. The summed E-state index contributed by atoms with van der Waals surface area (Å²) >= 11 is 0. The zero-order chi connectivity index (χ0) is 11.5. The van der Waals surface area contributed by atoms with Crippen LogP contribution in [0.3, 0.4) is 0 Å². The smallest absolute Gasteiger partial charge is 0.0657 e. The molecule has 0 radical (unpaired) electrons. The van der Waals surface area contributed by atoms with Crippen molar-refractivity contribution in [2.45, 2.75) is 58.3 Å². The van der Waals surface area contributed by atoms with Crippen LogP contribution < -0.4 is 5.32 Å². The van der Waals surface area contributed by atoms with Crippen LogP contribution in [0.2, 0.25) is 0 Å². The second-order valence-electron chi connectivity index (χ2n) is 4.71. The topological polar surface area (TPSA) is 41.5 Å². The van der Waals surface area contributed by atoms with E-state index in [-0.39, 0.29) is 11.5 Å². The fraction of sp³-hybridized carbons (Fsp3) is 1.00. The zero-order valence-corrected chi connectivity index (χ0v) is 10.4. The Balaban J connectivity index is 2.52. The molecule has 0 aromatic heterocycles. The van der Waals surface area contributed by atoms with Gasteiger partial charge in [-0.2, -0.15) is 0 Å². The van der Waals surface area contributed by atoms with Gasteiger partial charge in [-0.1, -0.05) is 13.8 Å². The van der Waals surface area contributed by atoms with Crippen molar-refractivity contribution >= 4 is 0 Å². The lowest BCUT2D eigenvalue weighted by molar-refractivity contribution is -0.125. The van der Waals surface area contributed by atoms with Crippen LogP contribution in [0.1, 0.15) is 40.0 Å². The minimum Gasteiger partial charge on any atom is -0.392 e. The van der Waals surface area contributed by atoms with Crippen LogP contribution >= 0.6 is 0 Å². The molecule has 0 aromatic carbocycles. The van der Waals surface area contributed by atoms with E-state index in [1.807, 2.05) is 6.92 Å². The van der Waals surface area contributed by atoms with Crippen molar-refractivity contribution in [2.75, 3.05) is 13.7 Å². The SMILES string of the molecule is CCC1(CC)[C@H](NC[C@@H](C)O)C[C@H]1OC. The highest BCUT2D eigenvalue weighted by molar-refractivity contribution is 5.06. The Kier molecular flexibility index (Phi) is 4.56. The van der Waals surface area contributed by atoms with Crippen LogP contribution in [0.25, 0.3) is 0 Å². The fourth-order valence-electron chi connectivity index (χ4n) is 2.88. The van der Waals surface area contributed by atoms with Gasteiger partial charge in [0.05, 0.1) is 12.2 Å². The predicted molar refractivity (Wildman–Crippen MR) is 61.9 cm³/mol. The molecule has 1 saturated carbocycles. The molecule has 15 heavy (non-hydrogen) atoms. The first kappa shape index (κ1) is 12.9. The summed E-state index contributed by atoms with van der Waals surface area (Å²) in [6, 6.07) is 0.507.